The number of hydrogen-bond donors (Lipinski definition) is 1. The second-order valence-electron chi connectivity index (χ2n) is 4.07. The molecule has 0 aliphatic heterocycles. The Balaban J connectivity index is 2.18. The molecule has 0 saturated carbocycles. The number of benzene rings is 1. The average Bonchev–Trinajstić information content (AvgIpc) is 2.43. The van der Waals surface area contributed by atoms with Crippen molar-refractivity contribution in [1.82, 2.24) is 4.98 Å². The molecule has 0 radical (unpaired) electrons. The molecular formula is C14H14BrFN2O2. The van der Waals surface area contributed by atoms with Gasteiger partial charge in [-0.25, -0.2) is 4.39 Å². The molecule has 0 saturated heterocycles. The van der Waals surface area contributed by atoms with Crippen molar-refractivity contribution in [3.63, 3.8) is 0 Å². The molecule has 20 heavy (non-hydrogen) atoms. The van der Waals surface area contributed by atoms with Crippen LogP contribution < -0.4 is 15.2 Å². The Morgan fingerprint density at radius 1 is 1.30 bits per heavy atom. The third-order valence-electron chi connectivity index (χ3n) is 2.42. The zero-order chi connectivity index (χ0) is 14.5. The van der Waals surface area contributed by atoms with E-state index in [-0.39, 0.29) is 0 Å². The van der Waals surface area contributed by atoms with Crippen molar-refractivity contribution < 1.29 is 13.9 Å². The van der Waals surface area contributed by atoms with Crippen LogP contribution in [-0.4, -0.2) is 11.6 Å². The van der Waals surface area contributed by atoms with E-state index >= 15 is 0 Å². The number of anilines is 1. The number of halogens is 2. The Morgan fingerprint density at radius 2 is 2.10 bits per heavy atom. The fourth-order valence-corrected chi connectivity index (χ4v) is 1.71. The Hall–Kier alpha value is -1.82. The van der Waals surface area contributed by atoms with Gasteiger partial charge in [-0.2, -0.15) is 4.98 Å². The first-order valence-electron chi connectivity index (χ1n) is 6.12. The van der Waals surface area contributed by atoms with Crippen LogP contribution in [0.5, 0.6) is 17.5 Å². The summed E-state index contributed by atoms with van der Waals surface area (Å²) in [5, 5.41) is 0. The highest BCUT2D eigenvalue weighted by Gasteiger charge is 2.07. The normalized spacial score (nSPS) is 10.3. The highest BCUT2D eigenvalue weighted by atomic mass is 79.9. The van der Waals surface area contributed by atoms with Crippen molar-refractivity contribution in [3.05, 3.63) is 40.6 Å². The van der Waals surface area contributed by atoms with Gasteiger partial charge in [-0.05, 0) is 40.5 Å². The van der Waals surface area contributed by atoms with Crippen molar-refractivity contribution in [2.24, 2.45) is 0 Å². The topological polar surface area (TPSA) is 57.4 Å². The van der Waals surface area contributed by atoms with Crippen LogP contribution in [0.25, 0.3) is 0 Å². The molecule has 2 N–H and O–H groups in total. The van der Waals surface area contributed by atoms with Crippen LogP contribution in [-0.2, 0) is 0 Å². The minimum absolute atomic E-state index is 0.298. The second kappa shape index (κ2) is 6.56. The summed E-state index contributed by atoms with van der Waals surface area (Å²) in [5.41, 5.74) is 6.20. The largest absolute Gasteiger partial charge is 0.476 e. The first-order valence-corrected chi connectivity index (χ1v) is 6.91. The summed E-state index contributed by atoms with van der Waals surface area (Å²) in [6.45, 7) is 2.51. The lowest BCUT2D eigenvalue weighted by Crippen LogP contribution is -2.02. The summed E-state index contributed by atoms with van der Waals surface area (Å²) in [7, 11) is 0. The van der Waals surface area contributed by atoms with Crippen LogP contribution in [0.4, 0.5) is 10.1 Å². The van der Waals surface area contributed by atoms with E-state index in [0.717, 1.165) is 6.42 Å². The molecule has 4 nitrogen and oxygen atoms in total. The predicted molar refractivity (Wildman–Crippen MR) is 78.6 cm³/mol. The van der Waals surface area contributed by atoms with Gasteiger partial charge in [0.05, 0.1) is 16.8 Å². The summed E-state index contributed by atoms with van der Waals surface area (Å²) in [5.74, 6) is 0.568. The molecule has 1 aromatic heterocycles. The van der Waals surface area contributed by atoms with Gasteiger partial charge in [0, 0.05) is 12.1 Å². The summed E-state index contributed by atoms with van der Waals surface area (Å²) in [6, 6.07) is 7.72. The van der Waals surface area contributed by atoms with Crippen molar-refractivity contribution in [2.45, 2.75) is 13.3 Å². The molecule has 2 aromatic rings. The summed E-state index contributed by atoms with van der Waals surface area (Å²) >= 11 is 3.08. The highest BCUT2D eigenvalue weighted by molar-refractivity contribution is 9.10. The van der Waals surface area contributed by atoms with Gasteiger partial charge in [-0.1, -0.05) is 6.92 Å². The molecule has 0 amide bonds. The zero-order valence-corrected chi connectivity index (χ0v) is 12.5. The van der Waals surface area contributed by atoms with Crippen LogP contribution >= 0.6 is 15.9 Å². The Bertz CT molecular complexity index is 608. The lowest BCUT2D eigenvalue weighted by molar-refractivity contribution is 0.302. The molecule has 0 bridgehead atoms. The summed E-state index contributed by atoms with van der Waals surface area (Å²) < 4.78 is 24.7. The van der Waals surface area contributed by atoms with E-state index in [1.807, 2.05) is 6.92 Å². The number of nitrogens with zero attached hydrogens (tertiary/aromatic N) is 1. The third-order valence-corrected chi connectivity index (χ3v) is 3.06. The molecule has 106 valence electrons. The lowest BCUT2D eigenvalue weighted by Gasteiger charge is -2.10. The molecule has 1 aromatic carbocycles. The maximum Gasteiger partial charge on any atom is 0.240 e. The van der Waals surface area contributed by atoms with E-state index in [1.54, 1.807) is 24.3 Å². The van der Waals surface area contributed by atoms with E-state index in [9.17, 15) is 4.39 Å². The van der Waals surface area contributed by atoms with Gasteiger partial charge in [0.25, 0.3) is 0 Å². The number of nitrogen functional groups attached to an aromatic ring is 1. The first-order chi connectivity index (χ1) is 9.60. The lowest BCUT2D eigenvalue weighted by atomic mass is 10.3. The maximum atomic E-state index is 13.4. The predicted octanol–water partition coefficient (Wildman–Crippen LogP) is 4.15. The van der Waals surface area contributed by atoms with Crippen LogP contribution in [0.3, 0.4) is 0 Å². The fourth-order valence-electron chi connectivity index (χ4n) is 1.47. The minimum atomic E-state index is -0.402. The smallest absolute Gasteiger partial charge is 0.240 e. The second-order valence-corrected chi connectivity index (χ2v) is 4.92. The van der Waals surface area contributed by atoms with E-state index in [4.69, 9.17) is 15.2 Å². The number of nitrogens with two attached hydrogens (primary N) is 1. The van der Waals surface area contributed by atoms with Crippen LogP contribution in [0.2, 0.25) is 0 Å². The number of rotatable bonds is 5. The molecular weight excluding hydrogens is 327 g/mol. The number of hydrogen-bond acceptors (Lipinski definition) is 4. The fraction of sp³-hybridized carbons (Fsp3) is 0.214. The Kier molecular flexibility index (Phi) is 4.79. The third kappa shape index (κ3) is 3.60. The van der Waals surface area contributed by atoms with E-state index in [2.05, 4.69) is 20.9 Å². The minimum Gasteiger partial charge on any atom is -0.476 e. The van der Waals surface area contributed by atoms with E-state index in [0.29, 0.717) is 34.3 Å². The molecule has 0 aliphatic carbocycles. The van der Waals surface area contributed by atoms with E-state index in [1.165, 1.54) is 6.07 Å². The highest BCUT2D eigenvalue weighted by Crippen LogP contribution is 2.28. The van der Waals surface area contributed by atoms with Crippen molar-refractivity contribution >= 4 is 21.6 Å². The molecule has 0 unspecified atom stereocenters. The van der Waals surface area contributed by atoms with Crippen molar-refractivity contribution in [3.8, 4) is 17.5 Å². The van der Waals surface area contributed by atoms with Crippen molar-refractivity contribution in [2.75, 3.05) is 12.3 Å². The molecule has 0 atom stereocenters. The van der Waals surface area contributed by atoms with Crippen molar-refractivity contribution in [1.29, 1.82) is 0 Å². The molecule has 2 rings (SSSR count). The van der Waals surface area contributed by atoms with Crippen LogP contribution in [0, 0.1) is 5.82 Å². The van der Waals surface area contributed by atoms with Gasteiger partial charge in [0.15, 0.2) is 0 Å². The number of aromatic nitrogens is 1. The van der Waals surface area contributed by atoms with Crippen LogP contribution in [0.1, 0.15) is 13.3 Å². The monoisotopic (exact) mass is 340 g/mol. The summed E-state index contributed by atoms with van der Waals surface area (Å²) in [4.78, 5) is 4.15. The Morgan fingerprint density at radius 3 is 2.80 bits per heavy atom. The zero-order valence-electron chi connectivity index (χ0n) is 10.9. The van der Waals surface area contributed by atoms with Gasteiger partial charge < -0.3 is 15.2 Å². The molecule has 0 aliphatic rings. The van der Waals surface area contributed by atoms with Crippen LogP contribution in [0.15, 0.2) is 34.8 Å². The first kappa shape index (κ1) is 14.6. The van der Waals surface area contributed by atoms with E-state index < -0.39 is 5.82 Å². The van der Waals surface area contributed by atoms with Gasteiger partial charge >= 0.3 is 0 Å². The quantitative estimate of drug-likeness (QED) is 0.888. The average molecular weight is 341 g/mol. The van der Waals surface area contributed by atoms with Gasteiger partial charge in [-0.3, -0.25) is 0 Å². The molecule has 0 spiro atoms. The molecule has 6 heteroatoms. The molecule has 1 heterocycles. The maximum absolute atomic E-state index is 13.4. The van der Waals surface area contributed by atoms with Gasteiger partial charge in [0.1, 0.15) is 11.6 Å². The number of ether oxygens (including phenoxy) is 2. The number of pyridine rings is 1. The SMILES string of the molecule is CCCOc1nc(Oc2ccc(Br)c(F)c2)ccc1N. The Labute approximate surface area is 124 Å². The van der Waals surface area contributed by atoms with Gasteiger partial charge in [-0.15, -0.1) is 0 Å². The standard InChI is InChI=1S/C14H14BrFN2O2/c1-2-7-19-14-12(17)5-6-13(18-14)20-9-3-4-10(15)11(16)8-9/h3-6,8H,2,7,17H2,1H3. The summed E-state index contributed by atoms with van der Waals surface area (Å²) in [6.07, 6.45) is 0.851. The van der Waals surface area contributed by atoms with Gasteiger partial charge in [0.2, 0.25) is 11.8 Å². The molecule has 0 fully saturated rings.